The van der Waals surface area contributed by atoms with E-state index in [1.54, 1.807) is 39.0 Å². The van der Waals surface area contributed by atoms with Crippen LogP contribution in [0.3, 0.4) is 0 Å². The first kappa shape index (κ1) is 58.8. The molecule has 0 bridgehead atoms. The summed E-state index contributed by atoms with van der Waals surface area (Å²) in [6.45, 7) is 12.4. The number of oxazole rings is 1. The average molecular weight is 1120 g/mol. The number of carbonyl (C=O) groups excluding carboxylic acids is 2. The van der Waals surface area contributed by atoms with Crippen LogP contribution in [0.2, 0.25) is 0 Å². The number of nitrogens with one attached hydrogen (secondary N) is 2. The van der Waals surface area contributed by atoms with Crippen LogP contribution >= 0.6 is 11.3 Å². The molecule has 0 unspecified atom stereocenters. The minimum atomic E-state index is -1.41. The molecule has 5 N–H and O–H groups in total. The van der Waals surface area contributed by atoms with Gasteiger partial charge in [0.25, 0.3) is 0 Å². The van der Waals surface area contributed by atoms with Crippen LogP contribution in [0.25, 0.3) is 55.5 Å². The molecular weight excluding hydrogens is 1050 g/mol. The zero-order chi connectivity index (χ0) is 57.4. The summed E-state index contributed by atoms with van der Waals surface area (Å²) >= 11 is 1.61. The van der Waals surface area contributed by atoms with E-state index in [-0.39, 0.29) is 31.6 Å². The summed E-state index contributed by atoms with van der Waals surface area (Å²) in [5.74, 6) is 1.63. The molecule has 81 heavy (non-hydrogen) atoms. The molecule has 0 fully saturated rings. The van der Waals surface area contributed by atoms with Crippen LogP contribution in [0.5, 0.6) is 11.5 Å². The van der Waals surface area contributed by atoms with Gasteiger partial charge in [-0.15, -0.1) is 11.3 Å². The second-order valence-electron chi connectivity index (χ2n) is 20.1. The summed E-state index contributed by atoms with van der Waals surface area (Å²) in [4.78, 5) is 51.2. The first-order chi connectivity index (χ1) is 39.0. The monoisotopic (exact) mass is 1120 g/mol. The Labute approximate surface area is 476 Å². The third-order valence-electron chi connectivity index (χ3n) is 13.3. The van der Waals surface area contributed by atoms with Crippen molar-refractivity contribution in [1.82, 2.24) is 25.6 Å². The molecule has 3 aromatic heterocycles. The van der Waals surface area contributed by atoms with Crippen molar-refractivity contribution >= 4 is 29.5 Å². The van der Waals surface area contributed by atoms with Gasteiger partial charge >= 0.3 is 18.2 Å². The topological polar surface area (TPSA) is 225 Å². The molecule has 5 aromatic carbocycles. The number of thiazole rings is 1. The van der Waals surface area contributed by atoms with Crippen LogP contribution < -0.4 is 20.1 Å². The molecule has 17 heteroatoms. The molecule has 3 heterocycles. The molecule has 8 aromatic rings. The van der Waals surface area contributed by atoms with Gasteiger partial charge in [0.05, 0.1) is 42.5 Å². The van der Waals surface area contributed by atoms with Gasteiger partial charge in [-0.3, -0.25) is 9.78 Å². The lowest BCUT2D eigenvalue weighted by molar-refractivity contribution is -0.137. The molecule has 8 rings (SSSR count). The van der Waals surface area contributed by atoms with Gasteiger partial charge in [-0.25, -0.2) is 19.6 Å². The Morgan fingerprint density at radius 2 is 1.17 bits per heavy atom. The van der Waals surface area contributed by atoms with Gasteiger partial charge in [-0.05, 0) is 160 Å². The number of ether oxygens (including phenoxy) is 4. The standard InChI is InChI=1S/C64H69N5O11S/c1-39(2)78-63(74)65-31-28-51-35-54(23-18-45(51)21-26-59(70)71)76-32-29-56-41(5)80-61(68-56)48-16-12-44(13-17-48)50-9-7-8-49(34-50)43-10-14-47(15-11-43)58-25-20-52(37-66-58)62-69-57(42(6)81-62)30-33-77-55-24-19-46(22-27-60(72)73)53(36-55)38-67-64(75)79-40(3)4/h7-20,23-25,34-37,39-40,59,70-71H,21-22,26-33,38H2,1-6H3,(H,65,74)(H,67,75)(H,72,73). The van der Waals surface area contributed by atoms with E-state index in [9.17, 15) is 29.7 Å². The van der Waals surface area contributed by atoms with Crippen molar-refractivity contribution in [1.29, 1.82) is 0 Å². The highest BCUT2D eigenvalue weighted by atomic mass is 32.1. The first-order valence-corrected chi connectivity index (χ1v) is 28.0. The number of nitrogens with zero attached hydrogens (tertiary/aromatic N) is 3. The molecule has 0 saturated carbocycles. The fraction of sp³-hybridized carbons (Fsp3) is 0.312. The third kappa shape index (κ3) is 17.1. The van der Waals surface area contributed by atoms with E-state index in [1.165, 1.54) is 0 Å². The molecule has 0 aliphatic carbocycles. The highest BCUT2D eigenvalue weighted by Crippen LogP contribution is 2.33. The number of amides is 2. The summed E-state index contributed by atoms with van der Waals surface area (Å²) in [5.41, 5.74) is 13.2. The number of aryl methyl sites for hydroxylation is 4. The van der Waals surface area contributed by atoms with E-state index < -0.39 is 24.4 Å². The minimum Gasteiger partial charge on any atom is -0.493 e. The van der Waals surface area contributed by atoms with Crippen LogP contribution in [0.1, 0.15) is 84.8 Å². The Morgan fingerprint density at radius 3 is 1.78 bits per heavy atom. The van der Waals surface area contributed by atoms with Crippen molar-refractivity contribution in [3.8, 4) is 67.0 Å². The molecule has 0 aliphatic heterocycles. The lowest BCUT2D eigenvalue weighted by atomic mass is 9.97. The van der Waals surface area contributed by atoms with E-state index in [4.69, 9.17) is 38.3 Å². The van der Waals surface area contributed by atoms with Crippen LogP contribution in [-0.4, -0.2) is 86.7 Å². The van der Waals surface area contributed by atoms with Crippen LogP contribution in [-0.2, 0) is 52.9 Å². The number of benzene rings is 5. The molecule has 422 valence electrons. The lowest BCUT2D eigenvalue weighted by Gasteiger charge is -2.14. The average Bonchev–Trinajstić information content (AvgIpc) is 4.10. The number of alkyl carbamates (subject to hydrolysis) is 2. The normalized spacial score (nSPS) is 11.3. The Hall–Kier alpha value is -8.38. The van der Waals surface area contributed by atoms with Gasteiger partial charge < -0.3 is 49.3 Å². The Kier molecular flexibility index (Phi) is 20.4. The van der Waals surface area contributed by atoms with Crippen LogP contribution in [0.4, 0.5) is 9.59 Å². The third-order valence-corrected chi connectivity index (χ3v) is 14.3. The quantitative estimate of drug-likeness (QED) is 0.0318. The zero-order valence-electron chi connectivity index (χ0n) is 46.5. The maximum absolute atomic E-state index is 12.2. The number of aliphatic hydroxyl groups is 2. The van der Waals surface area contributed by atoms with Gasteiger partial charge in [0.1, 0.15) is 22.3 Å². The van der Waals surface area contributed by atoms with E-state index >= 15 is 0 Å². The molecule has 0 saturated heterocycles. The van der Waals surface area contributed by atoms with E-state index in [1.807, 2.05) is 73.8 Å². The summed E-state index contributed by atoms with van der Waals surface area (Å²) in [7, 11) is 0. The van der Waals surface area contributed by atoms with Crippen molar-refractivity contribution < 1.29 is 53.1 Å². The maximum Gasteiger partial charge on any atom is 0.407 e. The van der Waals surface area contributed by atoms with Crippen molar-refractivity contribution in [3.05, 3.63) is 172 Å². The smallest absolute Gasteiger partial charge is 0.407 e. The van der Waals surface area contributed by atoms with E-state index in [0.29, 0.717) is 69.3 Å². The van der Waals surface area contributed by atoms with E-state index in [2.05, 4.69) is 78.2 Å². The van der Waals surface area contributed by atoms with E-state index in [0.717, 1.165) is 93.9 Å². The Bertz CT molecular complexity index is 3390. The van der Waals surface area contributed by atoms with Crippen LogP contribution in [0, 0.1) is 13.8 Å². The molecule has 0 aliphatic rings. The second kappa shape index (κ2) is 28.2. The number of aliphatic carboxylic acids is 1. The number of pyridine rings is 1. The number of aliphatic hydroxyl groups excluding tert-OH is 1. The summed E-state index contributed by atoms with van der Waals surface area (Å²) in [6.07, 6.45) is 1.52. The first-order valence-electron chi connectivity index (χ1n) is 27.2. The number of hydrogen-bond acceptors (Lipinski definition) is 14. The predicted molar refractivity (Wildman–Crippen MR) is 312 cm³/mol. The summed E-state index contributed by atoms with van der Waals surface area (Å²) in [5, 5.41) is 34.6. The second-order valence-corrected chi connectivity index (χ2v) is 21.3. The van der Waals surface area contributed by atoms with Crippen molar-refractivity contribution in [3.63, 3.8) is 0 Å². The van der Waals surface area contributed by atoms with Gasteiger partial charge in [-0.1, -0.05) is 66.7 Å². The molecular formula is C64H69N5O11S. The van der Waals surface area contributed by atoms with Gasteiger partial charge in [0.2, 0.25) is 5.89 Å². The van der Waals surface area contributed by atoms with Gasteiger partial charge in [0, 0.05) is 66.5 Å². The number of rotatable bonds is 26. The number of carbonyl (C=O) groups is 3. The van der Waals surface area contributed by atoms with Crippen molar-refractivity contribution in [2.75, 3.05) is 19.8 Å². The highest BCUT2D eigenvalue weighted by Gasteiger charge is 2.17. The predicted octanol–water partition coefficient (Wildman–Crippen LogP) is 12.3. The fourth-order valence-corrected chi connectivity index (χ4v) is 10.0. The zero-order valence-corrected chi connectivity index (χ0v) is 47.3. The Morgan fingerprint density at radius 1 is 0.593 bits per heavy atom. The van der Waals surface area contributed by atoms with Crippen LogP contribution in [0.15, 0.2) is 132 Å². The Balaban J connectivity index is 0.835. The fourth-order valence-electron chi connectivity index (χ4n) is 9.08. The van der Waals surface area contributed by atoms with Crippen molar-refractivity contribution in [2.45, 2.75) is 112 Å². The molecule has 2 amide bonds. The summed E-state index contributed by atoms with van der Waals surface area (Å²) < 4.78 is 28.8. The number of carboxylic acid groups (broad SMARTS) is 1. The van der Waals surface area contributed by atoms with Gasteiger partial charge in [-0.2, -0.15) is 0 Å². The maximum atomic E-state index is 12.2. The van der Waals surface area contributed by atoms with Crippen molar-refractivity contribution in [2.24, 2.45) is 0 Å². The van der Waals surface area contributed by atoms with Gasteiger partial charge in [0.15, 0.2) is 6.29 Å². The number of hydrogen-bond donors (Lipinski definition) is 5. The lowest BCUT2D eigenvalue weighted by Crippen LogP contribution is -2.28. The minimum absolute atomic E-state index is 0.0274. The molecule has 16 nitrogen and oxygen atoms in total. The summed E-state index contributed by atoms with van der Waals surface area (Å²) in [6, 6.07) is 40.3. The molecule has 0 atom stereocenters. The largest absolute Gasteiger partial charge is 0.493 e. The number of aromatic nitrogens is 3. The number of carboxylic acids is 1. The SMILES string of the molecule is Cc1oc(-c2ccc(-c3cccc(-c4ccc(-c5ccc(-c6nc(CCOc7ccc(CCC(=O)O)c(CNC(=O)OC(C)C)c7)c(C)s6)cn5)cc4)c3)cc2)nc1CCOc1ccc(CCC(O)O)c(CCNC(=O)OC(C)C)c1. The molecule has 0 spiro atoms. The molecule has 0 radical (unpaired) electrons. The highest BCUT2D eigenvalue weighted by molar-refractivity contribution is 7.15.